The predicted octanol–water partition coefficient (Wildman–Crippen LogP) is 4.68. The largest absolute Gasteiger partial charge is 0.480 e. The van der Waals surface area contributed by atoms with Crippen LogP contribution in [0.1, 0.15) is 22.9 Å². The lowest BCUT2D eigenvalue weighted by molar-refractivity contribution is 0.391. The molecule has 1 atom stereocenters. The maximum absolute atomic E-state index is 5.20. The first-order valence-electron chi connectivity index (χ1n) is 11.8. The van der Waals surface area contributed by atoms with E-state index in [1.54, 1.807) is 25.7 Å². The predicted molar refractivity (Wildman–Crippen MR) is 140 cm³/mol. The summed E-state index contributed by atoms with van der Waals surface area (Å²) >= 11 is 0. The minimum absolute atomic E-state index is 0.273. The number of hydrogen-bond donors (Lipinski definition) is 1. The van der Waals surface area contributed by atoms with Crippen LogP contribution in [0.25, 0.3) is 22.2 Å². The Hall–Kier alpha value is -4.59. The van der Waals surface area contributed by atoms with Crippen LogP contribution in [0.15, 0.2) is 79.4 Å². The van der Waals surface area contributed by atoms with Gasteiger partial charge in [-0.1, -0.05) is 18.2 Å². The van der Waals surface area contributed by atoms with E-state index in [2.05, 4.69) is 66.7 Å². The minimum Gasteiger partial charge on any atom is -0.480 e. The molecule has 4 heterocycles. The van der Waals surface area contributed by atoms with E-state index in [1.807, 2.05) is 36.5 Å². The van der Waals surface area contributed by atoms with Gasteiger partial charge < -0.3 is 15.0 Å². The molecular weight excluding hydrogens is 450 g/mol. The molecule has 2 aromatic carbocycles. The average Bonchev–Trinajstić information content (AvgIpc) is 3.31. The molecule has 0 radical (unpaired) electrons. The molecule has 8 nitrogen and oxygen atoms in total. The van der Waals surface area contributed by atoms with Gasteiger partial charge in [0.05, 0.1) is 29.9 Å². The molecular formula is C28H25N7O. The fourth-order valence-electron chi connectivity index (χ4n) is 4.72. The van der Waals surface area contributed by atoms with Crippen molar-refractivity contribution < 1.29 is 4.74 Å². The number of anilines is 2. The van der Waals surface area contributed by atoms with Crippen LogP contribution in [0.2, 0.25) is 0 Å². The number of benzene rings is 2. The maximum Gasteiger partial charge on any atom is 0.233 e. The van der Waals surface area contributed by atoms with Gasteiger partial charge in [-0.25, -0.2) is 0 Å². The van der Waals surface area contributed by atoms with Gasteiger partial charge in [0.2, 0.25) is 5.88 Å². The summed E-state index contributed by atoms with van der Waals surface area (Å²) in [6, 6.07) is 18.2. The summed E-state index contributed by atoms with van der Waals surface area (Å²) in [6.45, 7) is 1.04. The van der Waals surface area contributed by atoms with E-state index in [4.69, 9.17) is 4.74 Å². The first-order valence-corrected chi connectivity index (χ1v) is 11.8. The second-order valence-electron chi connectivity index (χ2n) is 8.83. The van der Waals surface area contributed by atoms with Crippen molar-refractivity contribution in [3.05, 3.63) is 96.2 Å². The number of hydrogen-bond acceptors (Lipinski definition) is 8. The molecule has 0 saturated heterocycles. The van der Waals surface area contributed by atoms with Gasteiger partial charge in [-0.3, -0.25) is 15.0 Å². The first kappa shape index (κ1) is 21.9. The lowest BCUT2D eigenvalue weighted by Gasteiger charge is -2.21. The lowest BCUT2D eigenvalue weighted by Crippen LogP contribution is -2.15. The van der Waals surface area contributed by atoms with Crippen molar-refractivity contribution in [2.45, 2.75) is 12.5 Å². The van der Waals surface area contributed by atoms with Crippen molar-refractivity contribution in [3.8, 4) is 17.0 Å². The molecule has 0 fully saturated rings. The Bertz CT molecular complexity index is 1520. The van der Waals surface area contributed by atoms with E-state index in [0.717, 1.165) is 52.1 Å². The Morgan fingerprint density at radius 3 is 2.69 bits per heavy atom. The van der Waals surface area contributed by atoms with Crippen molar-refractivity contribution >= 4 is 22.4 Å². The monoisotopic (exact) mass is 475 g/mol. The number of pyridine rings is 1. The van der Waals surface area contributed by atoms with Gasteiger partial charge in [-0.05, 0) is 53.4 Å². The smallest absolute Gasteiger partial charge is 0.233 e. The molecule has 0 saturated carbocycles. The Morgan fingerprint density at radius 1 is 0.972 bits per heavy atom. The van der Waals surface area contributed by atoms with E-state index < -0.39 is 0 Å². The van der Waals surface area contributed by atoms with E-state index >= 15 is 0 Å². The van der Waals surface area contributed by atoms with Crippen molar-refractivity contribution in [2.75, 3.05) is 30.9 Å². The van der Waals surface area contributed by atoms with Crippen LogP contribution >= 0.6 is 0 Å². The first-order chi connectivity index (χ1) is 17.7. The Kier molecular flexibility index (Phi) is 5.61. The van der Waals surface area contributed by atoms with Gasteiger partial charge in [-0.15, -0.1) is 10.2 Å². The quantitative estimate of drug-likeness (QED) is 0.379. The third-order valence-corrected chi connectivity index (χ3v) is 6.59. The molecule has 8 heteroatoms. The fourth-order valence-corrected chi connectivity index (χ4v) is 4.72. The number of rotatable bonds is 6. The highest BCUT2D eigenvalue weighted by atomic mass is 16.5. The molecule has 1 N–H and O–H groups in total. The molecule has 1 aliphatic heterocycles. The molecule has 178 valence electrons. The van der Waals surface area contributed by atoms with Gasteiger partial charge in [0.15, 0.2) is 0 Å². The zero-order valence-corrected chi connectivity index (χ0v) is 20.1. The van der Waals surface area contributed by atoms with Gasteiger partial charge >= 0.3 is 0 Å². The summed E-state index contributed by atoms with van der Waals surface area (Å²) < 4.78 is 5.20. The summed E-state index contributed by atoms with van der Waals surface area (Å²) in [5, 5.41) is 12.2. The number of nitrogens with one attached hydrogen (secondary N) is 1. The van der Waals surface area contributed by atoms with Crippen molar-refractivity contribution in [1.29, 1.82) is 0 Å². The molecule has 0 amide bonds. The normalized spacial score (nSPS) is 13.4. The SMILES string of the molecule is COc1ccc(C(Nc2cc(-c3ccc4c(c3)N(C)CC4)c3nccnc3c2)c2cccnc2)nn1. The van der Waals surface area contributed by atoms with Crippen LogP contribution in [0.4, 0.5) is 11.4 Å². The summed E-state index contributed by atoms with van der Waals surface area (Å²) in [6.07, 6.45) is 8.13. The topological polar surface area (TPSA) is 89.0 Å². The van der Waals surface area contributed by atoms with Crippen LogP contribution in [-0.2, 0) is 6.42 Å². The highest BCUT2D eigenvalue weighted by molar-refractivity contribution is 5.95. The van der Waals surface area contributed by atoms with Gasteiger partial charge in [-0.2, -0.15) is 0 Å². The number of methoxy groups -OCH3 is 1. The molecule has 0 spiro atoms. The van der Waals surface area contributed by atoms with E-state index in [0.29, 0.717) is 5.88 Å². The third kappa shape index (κ3) is 4.07. The Labute approximate surface area is 209 Å². The second kappa shape index (κ2) is 9.22. The summed E-state index contributed by atoms with van der Waals surface area (Å²) in [5.74, 6) is 0.466. The molecule has 3 aromatic heterocycles. The molecule has 1 unspecified atom stereocenters. The zero-order chi connectivity index (χ0) is 24.5. The van der Waals surface area contributed by atoms with Crippen LogP contribution in [0.3, 0.4) is 0 Å². The third-order valence-electron chi connectivity index (χ3n) is 6.59. The molecule has 0 bridgehead atoms. The van der Waals surface area contributed by atoms with E-state index in [-0.39, 0.29) is 6.04 Å². The van der Waals surface area contributed by atoms with Gasteiger partial charge in [0, 0.05) is 61.4 Å². The maximum atomic E-state index is 5.20. The molecule has 0 aliphatic carbocycles. The standard InChI is InChI=1S/C28H25N7O/c1-35-13-9-18-5-6-19(14-25(18)35)22-15-21(16-24-28(22)31-12-11-30-24)32-27(20-4-3-10-29-17-20)23-7-8-26(36-2)34-33-23/h3-8,10-12,14-17,27,32H,9,13H2,1-2H3. The highest BCUT2D eigenvalue weighted by Gasteiger charge is 2.20. The molecule has 1 aliphatic rings. The highest BCUT2D eigenvalue weighted by Crippen LogP contribution is 2.36. The van der Waals surface area contributed by atoms with Crippen LogP contribution in [-0.4, -0.2) is 45.9 Å². The fraction of sp³-hybridized carbons (Fsp3) is 0.179. The van der Waals surface area contributed by atoms with E-state index in [1.165, 1.54) is 11.3 Å². The van der Waals surface area contributed by atoms with Crippen LogP contribution in [0.5, 0.6) is 5.88 Å². The van der Waals surface area contributed by atoms with E-state index in [9.17, 15) is 0 Å². The second-order valence-corrected chi connectivity index (χ2v) is 8.83. The number of likely N-dealkylation sites (N-methyl/N-ethyl adjacent to an activating group) is 1. The van der Waals surface area contributed by atoms with Crippen LogP contribution in [0, 0.1) is 0 Å². The van der Waals surface area contributed by atoms with Gasteiger partial charge in [0.25, 0.3) is 0 Å². The molecule has 6 rings (SSSR count). The minimum atomic E-state index is -0.273. The average molecular weight is 476 g/mol. The summed E-state index contributed by atoms with van der Waals surface area (Å²) in [7, 11) is 3.72. The molecule has 36 heavy (non-hydrogen) atoms. The van der Waals surface area contributed by atoms with Gasteiger partial charge in [0.1, 0.15) is 0 Å². The zero-order valence-electron chi connectivity index (χ0n) is 20.1. The number of ether oxygens (including phenoxy) is 1. The van der Waals surface area contributed by atoms with Crippen molar-refractivity contribution in [2.24, 2.45) is 0 Å². The number of nitrogens with zero attached hydrogens (tertiary/aromatic N) is 6. The lowest BCUT2D eigenvalue weighted by atomic mass is 9.99. The van der Waals surface area contributed by atoms with Crippen LogP contribution < -0.4 is 15.0 Å². The van der Waals surface area contributed by atoms with Crippen molar-refractivity contribution in [3.63, 3.8) is 0 Å². The Morgan fingerprint density at radius 2 is 1.89 bits per heavy atom. The Balaban J connectivity index is 1.46. The summed E-state index contributed by atoms with van der Waals surface area (Å²) in [4.78, 5) is 15.9. The molecule has 5 aromatic rings. The van der Waals surface area contributed by atoms with Crippen molar-refractivity contribution in [1.82, 2.24) is 25.1 Å². The number of aromatic nitrogens is 5. The summed E-state index contributed by atoms with van der Waals surface area (Å²) in [5.41, 5.74) is 9.09. The number of fused-ring (bicyclic) bond motifs is 2.